The van der Waals surface area contributed by atoms with E-state index in [9.17, 15) is 14.7 Å². The molecule has 0 aromatic heterocycles. The molecule has 0 spiro atoms. The third kappa shape index (κ3) is 11.1. The first kappa shape index (κ1) is 37.5. The summed E-state index contributed by atoms with van der Waals surface area (Å²) >= 11 is 0. The number of ether oxygens (including phenoxy) is 4. The maximum atomic E-state index is 14.4. The van der Waals surface area contributed by atoms with Gasteiger partial charge in [-0.25, -0.2) is 4.79 Å². The van der Waals surface area contributed by atoms with Crippen molar-refractivity contribution in [2.24, 2.45) is 5.92 Å². The molecule has 0 saturated carbocycles. The number of carbonyl (C=O) groups excluding carboxylic acids is 2. The van der Waals surface area contributed by atoms with Crippen LogP contribution in [0.1, 0.15) is 56.0 Å². The number of nitrogens with one attached hydrogen (secondary N) is 2. The molecule has 0 aliphatic carbocycles. The maximum absolute atomic E-state index is 14.4. The fraction of sp³-hybridized carbons (Fsp3) is 0.474. The van der Waals surface area contributed by atoms with Crippen molar-refractivity contribution in [2.45, 2.75) is 64.8 Å². The fourth-order valence-electron chi connectivity index (χ4n) is 5.85. The van der Waals surface area contributed by atoms with Crippen molar-refractivity contribution in [3.63, 3.8) is 0 Å². The number of benzene rings is 3. The van der Waals surface area contributed by atoms with Crippen LogP contribution in [0.3, 0.4) is 0 Å². The van der Waals surface area contributed by atoms with Gasteiger partial charge in [0.25, 0.3) is 5.91 Å². The molecule has 3 aromatic rings. The average Bonchev–Trinajstić information content (AvgIpc) is 3.10. The number of nitrogens with zero attached hydrogens (tertiary/aromatic N) is 2. The van der Waals surface area contributed by atoms with Gasteiger partial charge in [0.15, 0.2) is 0 Å². The average molecular weight is 677 g/mol. The van der Waals surface area contributed by atoms with E-state index in [1.165, 1.54) is 0 Å². The predicted molar refractivity (Wildman–Crippen MR) is 192 cm³/mol. The highest BCUT2D eigenvalue weighted by molar-refractivity contribution is 6.02. The molecule has 1 heterocycles. The van der Waals surface area contributed by atoms with Crippen LogP contribution in [-0.2, 0) is 11.3 Å². The molecular weight excluding hydrogens is 624 g/mol. The summed E-state index contributed by atoms with van der Waals surface area (Å²) in [4.78, 5) is 31.2. The minimum Gasteiger partial charge on any atom is -0.497 e. The Morgan fingerprint density at radius 1 is 0.980 bits per heavy atom. The third-order valence-corrected chi connectivity index (χ3v) is 8.76. The number of hydrogen-bond acceptors (Lipinski definition) is 8. The van der Waals surface area contributed by atoms with E-state index in [1.807, 2.05) is 26.0 Å². The van der Waals surface area contributed by atoms with Gasteiger partial charge in [-0.3, -0.25) is 9.69 Å². The highest BCUT2D eigenvalue weighted by Crippen LogP contribution is 2.29. The monoisotopic (exact) mass is 676 g/mol. The zero-order valence-corrected chi connectivity index (χ0v) is 29.6. The SMILES string of the molecule is COc1ccc(CN(C)C[C@H]2OCCCC[C@@H](C)Oc3ccc(NC(=O)Nc4ccc(OC)cc4)cc3C(=O)N([C@H](C)CO)C[C@@H]2C)cc1. The normalized spacial score (nSPS) is 19.6. The summed E-state index contributed by atoms with van der Waals surface area (Å²) in [5.74, 6) is 1.58. The number of amides is 3. The Morgan fingerprint density at radius 3 is 2.27 bits per heavy atom. The number of carbonyl (C=O) groups is 2. The van der Waals surface area contributed by atoms with Crippen molar-refractivity contribution in [1.29, 1.82) is 0 Å². The largest absolute Gasteiger partial charge is 0.497 e. The van der Waals surface area contributed by atoms with Crippen LogP contribution in [0.2, 0.25) is 0 Å². The Labute approximate surface area is 290 Å². The molecule has 0 fully saturated rings. The summed E-state index contributed by atoms with van der Waals surface area (Å²) in [6, 6.07) is 19.2. The smallest absolute Gasteiger partial charge is 0.323 e. The number of rotatable bonds is 10. The van der Waals surface area contributed by atoms with E-state index in [0.29, 0.717) is 48.1 Å². The summed E-state index contributed by atoms with van der Waals surface area (Å²) in [5, 5.41) is 15.9. The summed E-state index contributed by atoms with van der Waals surface area (Å²) in [6.45, 7) is 8.04. The van der Waals surface area contributed by atoms with E-state index in [2.05, 4.69) is 41.6 Å². The quantitative estimate of drug-likeness (QED) is 0.230. The number of likely N-dealkylation sites (N-methyl/N-ethyl adjacent to an activating group) is 1. The number of methoxy groups -OCH3 is 2. The molecule has 3 amide bonds. The second kappa shape index (κ2) is 18.4. The van der Waals surface area contributed by atoms with Gasteiger partial charge in [0.05, 0.1) is 44.6 Å². The lowest BCUT2D eigenvalue weighted by atomic mass is 10.0. The minimum absolute atomic E-state index is 0.0564. The van der Waals surface area contributed by atoms with E-state index < -0.39 is 12.1 Å². The van der Waals surface area contributed by atoms with Gasteiger partial charge in [0, 0.05) is 43.5 Å². The Bertz CT molecular complexity index is 1480. The van der Waals surface area contributed by atoms with Crippen LogP contribution in [0.25, 0.3) is 0 Å². The van der Waals surface area contributed by atoms with Crippen LogP contribution in [0, 0.1) is 5.92 Å². The van der Waals surface area contributed by atoms with Crippen molar-refractivity contribution >= 4 is 23.3 Å². The van der Waals surface area contributed by atoms with E-state index in [-0.39, 0.29) is 30.6 Å². The lowest BCUT2D eigenvalue weighted by Gasteiger charge is -2.36. The minimum atomic E-state index is -0.471. The van der Waals surface area contributed by atoms with Gasteiger partial charge in [0.2, 0.25) is 0 Å². The van der Waals surface area contributed by atoms with Crippen LogP contribution in [-0.4, -0.2) is 92.7 Å². The summed E-state index contributed by atoms with van der Waals surface area (Å²) in [5.41, 5.74) is 2.50. The lowest BCUT2D eigenvalue weighted by molar-refractivity contribution is -0.0177. The van der Waals surface area contributed by atoms with Gasteiger partial charge in [-0.15, -0.1) is 0 Å². The Kier molecular flexibility index (Phi) is 14.1. The molecule has 0 saturated heterocycles. The van der Waals surface area contributed by atoms with Gasteiger partial charge in [-0.05, 0) is 100 Å². The Balaban J connectivity index is 1.56. The molecule has 11 heteroatoms. The molecule has 266 valence electrons. The zero-order chi connectivity index (χ0) is 35.3. The topological polar surface area (TPSA) is 122 Å². The Morgan fingerprint density at radius 2 is 1.61 bits per heavy atom. The summed E-state index contributed by atoms with van der Waals surface area (Å²) in [6.07, 6.45) is 2.27. The first-order chi connectivity index (χ1) is 23.6. The molecule has 4 rings (SSSR count). The van der Waals surface area contributed by atoms with Gasteiger partial charge in [0.1, 0.15) is 17.2 Å². The van der Waals surface area contributed by atoms with Crippen molar-refractivity contribution < 1.29 is 33.6 Å². The van der Waals surface area contributed by atoms with Crippen LogP contribution in [0.5, 0.6) is 17.2 Å². The first-order valence-corrected chi connectivity index (χ1v) is 17.0. The second-order valence-electron chi connectivity index (χ2n) is 12.9. The van der Waals surface area contributed by atoms with E-state index in [0.717, 1.165) is 37.1 Å². The molecule has 3 aromatic carbocycles. The molecule has 0 unspecified atom stereocenters. The van der Waals surface area contributed by atoms with Crippen LogP contribution in [0.15, 0.2) is 66.7 Å². The number of hydrogen-bond donors (Lipinski definition) is 3. The van der Waals surface area contributed by atoms with Gasteiger partial charge < -0.3 is 39.6 Å². The molecule has 11 nitrogen and oxygen atoms in total. The van der Waals surface area contributed by atoms with Gasteiger partial charge in [-0.1, -0.05) is 19.1 Å². The maximum Gasteiger partial charge on any atom is 0.323 e. The lowest BCUT2D eigenvalue weighted by Crippen LogP contribution is -2.47. The van der Waals surface area contributed by atoms with Gasteiger partial charge in [-0.2, -0.15) is 0 Å². The zero-order valence-electron chi connectivity index (χ0n) is 29.6. The third-order valence-electron chi connectivity index (χ3n) is 8.76. The molecule has 4 atom stereocenters. The molecule has 1 aliphatic rings. The van der Waals surface area contributed by atoms with Crippen molar-refractivity contribution in [1.82, 2.24) is 9.80 Å². The Hall–Kier alpha value is -4.32. The molecule has 1 aliphatic heterocycles. The second-order valence-corrected chi connectivity index (χ2v) is 12.9. The number of aliphatic hydroxyl groups is 1. The highest BCUT2D eigenvalue weighted by atomic mass is 16.5. The summed E-state index contributed by atoms with van der Waals surface area (Å²) < 4.78 is 23.3. The molecule has 0 bridgehead atoms. The first-order valence-electron chi connectivity index (χ1n) is 17.0. The predicted octanol–water partition coefficient (Wildman–Crippen LogP) is 6.28. The molecular formula is C38H52N4O7. The molecule has 3 N–H and O–H groups in total. The highest BCUT2D eigenvalue weighted by Gasteiger charge is 2.30. The van der Waals surface area contributed by atoms with Crippen LogP contribution >= 0.6 is 0 Å². The van der Waals surface area contributed by atoms with Crippen LogP contribution < -0.4 is 24.8 Å². The number of aliphatic hydroxyl groups excluding tert-OH is 1. The van der Waals surface area contributed by atoms with E-state index in [4.69, 9.17) is 18.9 Å². The van der Waals surface area contributed by atoms with Crippen LogP contribution in [0.4, 0.5) is 16.2 Å². The number of anilines is 2. The molecule has 49 heavy (non-hydrogen) atoms. The fourth-order valence-corrected chi connectivity index (χ4v) is 5.85. The van der Waals surface area contributed by atoms with Crippen molar-refractivity contribution in [3.05, 3.63) is 77.9 Å². The van der Waals surface area contributed by atoms with E-state index in [1.54, 1.807) is 61.6 Å². The summed E-state index contributed by atoms with van der Waals surface area (Å²) in [7, 11) is 5.31. The number of fused-ring (bicyclic) bond motifs is 1. The van der Waals surface area contributed by atoms with Gasteiger partial charge >= 0.3 is 6.03 Å². The van der Waals surface area contributed by atoms with Crippen molar-refractivity contribution in [3.8, 4) is 17.2 Å². The molecule has 0 radical (unpaired) electrons. The number of urea groups is 1. The van der Waals surface area contributed by atoms with Crippen molar-refractivity contribution in [2.75, 3.05) is 58.2 Å². The standard InChI is InChI=1S/C38H52N4O7/c1-26-22-42(27(2)25-43)37(44)34-21-31(40-38(45)39-30-12-17-33(47-6)18-13-30)14-19-35(34)49-28(3)9-7-8-20-48-36(26)24-41(4)23-29-10-15-32(46-5)16-11-29/h10-19,21,26-28,36,43H,7-9,20,22-25H2,1-6H3,(H2,39,40,45)/t26-,27+,28+,36+/m0/s1. The van der Waals surface area contributed by atoms with E-state index >= 15 is 0 Å².